The summed E-state index contributed by atoms with van der Waals surface area (Å²) in [4.78, 5) is 35.7. The number of rotatable bonds is 6. The molecule has 8 heteroatoms. The molecular weight excluding hydrogens is 393 g/mol. The first kappa shape index (κ1) is 20.7. The first-order valence-corrected chi connectivity index (χ1v) is 8.75. The maximum Gasteiger partial charge on any atom is 0.340 e. The molecule has 0 aromatic heterocycles. The van der Waals surface area contributed by atoms with Gasteiger partial charge in [-0.05, 0) is 50.2 Å². The lowest BCUT2D eigenvalue weighted by molar-refractivity contribution is -0.119. The zero-order valence-electron chi connectivity index (χ0n) is 14.6. The average molecular weight is 410 g/mol. The molecule has 0 saturated carbocycles. The fourth-order valence-electron chi connectivity index (χ4n) is 2.04. The molecule has 0 spiro atoms. The monoisotopic (exact) mass is 409 g/mol. The van der Waals surface area contributed by atoms with Gasteiger partial charge in [0, 0.05) is 5.69 Å². The predicted molar refractivity (Wildman–Crippen MR) is 102 cm³/mol. The first-order chi connectivity index (χ1) is 12.8. The second-order valence-corrected chi connectivity index (χ2v) is 6.54. The van der Waals surface area contributed by atoms with Crippen molar-refractivity contribution in [1.82, 2.24) is 0 Å². The zero-order valence-corrected chi connectivity index (χ0v) is 16.1. The minimum Gasteiger partial charge on any atom is -0.459 e. The van der Waals surface area contributed by atoms with Gasteiger partial charge in [0.25, 0.3) is 5.91 Å². The molecular formula is C19H17Cl2NO5. The Labute approximate surface area is 166 Å². The molecule has 142 valence electrons. The topological polar surface area (TPSA) is 81.7 Å². The summed E-state index contributed by atoms with van der Waals surface area (Å²) in [6, 6.07) is 10.7. The number of ether oxygens (including phenoxy) is 2. The van der Waals surface area contributed by atoms with E-state index in [0.29, 0.717) is 11.3 Å². The number of benzene rings is 2. The summed E-state index contributed by atoms with van der Waals surface area (Å²) < 4.78 is 10.0. The largest absolute Gasteiger partial charge is 0.459 e. The smallest absolute Gasteiger partial charge is 0.340 e. The van der Waals surface area contributed by atoms with Crippen LogP contribution in [0.15, 0.2) is 42.5 Å². The van der Waals surface area contributed by atoms with Gasteiger partial charge in [0.05, 0.1) is 27.3 Å². The molecule has 0 fully saturated rings. The van der Waals surface area contributed by atoms with Crippen molar-refractivity contribution in [2.75, 3.05) is 11.9 Å². The van der Waals surface area contributed by atoms with E-state index < -0.39 is 24.5 Å². The standard InChI is InChI=1S/C19H17Cl2NO5/c1-11(2)27-18(24)12-6-8-13(9-7-12)22-16(23)10-26-19(25)14-4-3-5-15(20)17(14)21/h3-9,11H,10H2,1-2H3,(H,22,23). The number of esters is 2. The van der Waals surface area contributed by atoms with Crippen LogP contribution in [0.25, 0.3) is 0 Å². The SMILES string of the molecule is CC(C)OC(=O)c1ccc(NC(=O)COC(=O)c2cccc(Cl)c2Cl)cc1. The second kappa shape index (κ2) is 9.39. The van der Waals surface area contributed by atoms with Crippen molar-refractivity contribution in [3.05, 3.63) is 63.6 Å². The number of carbonyl (C=O) groups is 3. The van der Waals surface area contributed by atoms with Gasteiger partial charge >= 0.3 is 11.9 Å². The van der Waals surface area contributed by atoms with E-state index in [-0.39, 0.29) is 21.7 Å². The van der Waals surface area contributed by atoms with Gasteiger partial charge in [-0.15, -0.1) is 0 Å². The average Bonchev–Trinajstić information content (AvgIpc) is 2.62. The van der Waals surface area contributed by atoms with Gasteiger partial charge in [0.2, 0.25) is 0 Å². The summed E-state index contributed by atoms with van der Waals surface area (Å²) in [7, 11) is 0. The van der Waals surface area contributed by atoms with Crippen LogP contribution >= 0.6 is 23.2 Å². The van der Waals surface area contributed by atoms with E-state index in [2.05, 4.69) is 5.32 Å². The Balaban J connectivity index is 1.89. The fourth-order valence-corrected chi connectivity index (χ4v) is 2.42. The Bertz CT molecular complexity index is 850. The molecule has 1 N–H and O–H groups in total. The third-order valence-corrected chi connectivity index (χ3v) is 4.07. The highest BCUT2D eigenvalue weighted by Crippen LogP contribution is 2.26. The Morgan fingerprint density at radius 2 is 1.67 bits per heavy atom. The molecule has 0 bridgehead atoms. The summed E-state index contributed by atoms with van der Waals surface area (Å²) >= 11 is 11.8. The van der Waals surface area contributed by atoms with E-state index >= 15 is 0 Å². The lowest BCUT2D eigenvalue weighted by Gasteiger charge is -2.10. The molecule has 1 amide bonds. The quantitative estimate of drug-likeness (QED) is 0.716. The lowest BCUT2D eigenvalue weighted by Crippen LogP contribution is -2.21. The summed E-state index contributed by atoms with van der Waals surface area (Å²) in [6.45, 7) is 3.01. The molecule has 0 aliphatic rings. The first-order valence-electron chi connectivity index (χ1n) is 8.00. The molecule has 0 aliphatic carbocycles. The van der Waals surface area contributed by atoms with Gasteiger partial charge in [0.1, 0.15) is 0 Å². The molecule has 27 heavy (non-hydrogen) atoms. The molecule has 0 radical (unpaired) electrons. The van der Waals surface area contributed by atoms with Crippen LogP contribution in [-0.4, -0.2) is 30.6 Å². The Morgan fingerprint density at radius 1 is 1.00 bits per heavy atom. The van der Waals surface area contributed by atoms with Crippen LogP contribution in [0.5, 0.6) is 0 Å². The van der Waals surface area contributed by atoms with Gasteiger partial charge in [-0.25, -0.2) is 9.59 Å². The van der Waals surface area contributed by atoms with E-state index in [1.54, 1.807) is 32.0 Å². The van der Waals surface area contributed by atoms with Crippen molar-refractivity contribution in [3.8, 4) is 0 Å². The number of amides is 1. The van der Waals surface area contributed by atoms with Crippen molar-refractivity contribution < 1.29 is 23.9 Å². The number of nitrogens with one attached hydrogen (secondary N) is 1. The Morgan fingerprint density at radius 3 is 2.30 bits per heavy atom. The summed E-state index contributed by atoms with van der Waals surface area (Å²) in [5, 5.41) is 2.83. The van der Waals surface area contributed by atoms with Crippen molar-refractivity contribution in [2.24, 2.45) is 0 Å². The minimum atomic E-state index is -0.760. The highest BCUT2D eigenvalue weighted by molar-refractivity contribution is 6.43. The fraction of sp³-hybridized carbons (Fsp3) is 0.211. The minimum absolute atomic E-state index is 0.0634. The highest BCUT2D eigenvalue weighted by Gasteiger charge is 2.16. The normalized spacial score (nSPS) is 10.4. The summed E-state index contributed by atoms with van der Waals surface area (Å²) in [6.07, 6.45) is -0.223. The number of halogens is 2. The van der Waals surface area contributed by atoms with E-state index in [9.17, 15) is 14.4 Å². The van der Waals surface area contributed by atoms with Crippen LogP contribution < -0.4 is 5.32 Å². The molecule has 2 aromatic carbocycles. The third kappa shape index (κ3) is 5.98. The van der Waals surface area contributed by atoms with E-state index in [0.717, 1.165) is 0 Å². The number of carbonyl (C=O) groups excluding carboxylic acids is 3. The Hall–Kier alpha value is -2.57. The summed E-state index contributed by atoms with van der Waals surface area (Å²) in [5.74, 6) is -1.75. The molecule has 0 heterocycles. The molecule has 0 atom stereocenters. The van der Waals surface area contributed by atoms with Gasteiger partial charge in [-0.2, -0.15) is 0 Å². The highest BCUT2D eigenvalue weighted by atomic mass is 35.5. The van der Waals surface area contributed by atoms with Crippen molar-refractivity contribution in [2.45, 2.75) is 20.0 Å². The molecule has 6 nitrogen and oxygen atoms in total. The van der Waals surface area contributed by atoms with Crippen LogP contribution in [0.1, 0.15) is 34.6 Å². The second-order valence-electron chi connectivity index (χ2n) is 5.76. The Kier molecular flexibility index (Phi) is 7.21. The zero-order chi connectivity index (χ0) is 20.0. The number of anilines is 1. The summed E-state index contributed by atoms with van der Waals surface area (Å²) in [5.41, 5.74) is 0.881. The molecule has 0 unspecified atom stereocenters. The lowest BCUT2D eigenvalue weighted by atomic mass is 10.2. The predicted octanol–water partition coefficient (Wildman–Crippen LogP) is 4.35. The molecule has 0 aliphatic heterocycles. The van der Waals surface area contributed by atoms with Crippen LogP contribution in [-0.2, 0) is 14.3 Å². The van der Waals surface area contributed by atoms with Gasteiger partial charge in [0.15, 0.2) is 6.61 Å². The van der Waals surface area contributed by atoms with Crippen molar-refractivity contribution in [1.29, 1.82) is 0 Å². The van der Waals surface area contributed by atoms with Crippen molar-refractivity contribution in [3.63, 3.8) is 0 Å². The van der Waals surface area contributed by atoms with E-state index in [1.165, 1.54) is 24.3 Å². The molecule has 2 rings (SSSR count). The van der Waals surface area contributed by atoms with Crippen LogP contribution in [0.3, 0.4) is 0 Å². The van der Waals surface area contributed by atoms with E-state index in [4.69, 9.17) is 32.7 Å². The molecule has 0 saturated heterocycles. The van der Waals surface area contributed by atoms with Crippen molar-refractivity contribution >= 4 is 46.7 Å². The van der Waals surface area contributed by atoms with Crippen LogP contribution in [0.4, 0.5) is 5.69 Å². The van der Waals surface area contributed by atoms with Crippen LogP contribution in [0, 0.1) is 0 Å². The molecule has 2 aromatic rings. The van der Waals surface area contributed by atoms with Gasteiger partial charge in [-0.3, -0.25) is 4.79 Å². The van der Waals surface area contributed by atoms with E-state index in [1.807, 2.05) is 0 Å². The van der Waals surface area contributed by atoms with Crippen LogP contribution in [0.2, 0.25) is 10.0 Å². The third-order valence-electron chi connectivity index (χ3n) is 3.25. The maximum absolute atomic E-state index is 12.0. The van der Waals surface area contributed by atoms with Gasteiger partial charge < -0.3 is 14.8 Å². The number of hydrogen-bond acceptors (Lipinski definition) is 5. The van der Waals surface area contributed by atoms with Gasteiger partial charge in [-0.1, -0.05) is 29.3 Å². The number of hydrogen-bond donors (Lipinski definition) is 1. The maximum atomic E-state index is 12.0.